The Morgan fingerprint density at radius 3 is 2.33 bits per heavy atom. The molecule has 0 aromatic carbocycles. The van der Waals surface area contributed by atoms with Crippen LogP contribution in [-0.4, -0.2) is 24.0 Å². The van der Waals surface area contributed by atoms with Crippen molar-refractivity contribution in [3.05, 3.63) is 0 Å². The van der Waals surface area contributed by atoms with Crippen LogP contribution in [0.25, 0.3) is 0 Å². The summed E-state index contributed by atoms with van der Waals surface area (Å²) in [7, 11) is 0. The summed E-state index contributed by atoms with van der Waals surface area (Å²) in [6.07, 6.45) is -3.26. The molecule has 0 aromatic heterocycles. The molecule has 0 saturated heterocycles. The summed E-state index contributed by atoms with van der Waals surface area (Å²) in [5.74, 6) is -1.22. The molecule has 1 amide bonds. The van der Waals surface area contributed by atoms with Crippen molar-refractivity contribution in [2.24, 2.45) is 17.8 Å². The zero-order valence-corrected chi connectivity index (χ0v) is 12.0. The van der Waals surface area contributed by atoms with Crippen LogP contribution in [0.5, 0.6) is 0 Å². The Kier molecular flexibility index (Phi) is 5.95. The number of alkyl halides is 4. The Morgan fingerprint density at radius 1 is 1.33 bits per heavy atom. The van der Waals surface area contributed by atoms with Gasteiger partial charge in [0.1, 0.15) is 0 Å². The molecule has 2 nitrogen and oxygen atoms in total. The van der Waals surface area contributed by atoms with E-state index >= 15 is 0 Å². The lowest BCUT2D eigenvalue weighted by Gasteiger charge is -2.29. The van der Waals surface area contributed by atoms with Crippen LogP contribution in [0.2, 0.25) is 0 Å². The van der Waals surface area contributed by atoms with Crippen molar-refractivity contribution >= 4 is 21.8 Å². The van der Waals surface area contributed by atoms with Crippen LogP contribution in [0, 0.1) is 17.8 Å². The zero-order chi connectivity index (χ0) is 13.8. The van der Waals surface area contributed by atoms with Crippen LogP contribution in [0.15, 0.2) is 0 Å². The summed E-state index contributed by atoms with van der Waals surface area (Å²) >= 11 is 3.31. The summed E-state index contributed by atoms with van der Waals surface area (Å²) in [5.41, 5.74) is 0. The third-order valence-corrected chi connectivity index (χ3v) is 4.55. The standard InChI is InChI=1S/C12H19BrF3NO/c1-8(6-13)7-17-11(18)9-2-4-10(5-3-9)12(14,15)16/h8-10H,2-7H2,1H3,(H,17,18). The van der Waals surface area contributed by atoms with Crippen molar-refractivity contribution < 1.29 is 18.0 Å². The van der Waals surface area contributed by atoms with E-state index in [1.807, 2.05) is 6.92 Å². The predicted octanol–water partition coefficient (Wildman–Crippen LogP) is 3.50. The van der Waals surface area contributed by atoms with Crippen molar-refractivity contribution in [2.45, 2.75) is 38.8 Å². The minimum Gasteiger partial charge on any atom is -0.356 e. The van der Waals surface area contributed by atoms with Crippen molar-refractivity contribution in [1.29, 1.82) is 0 Å². The molecule has 1 rings (SSSR count). The van der Waals surface area contributed by atoms with Crippen molar-refractivity contribution in [1.82, 2.24) is 5.32 Å². The molecule has 1 aliphatic rings. The Hall–Kier alpha value is -0.260. The van der Waals surface area contributed by atoms with Gasteiger partial charge in [-0.05, 0) is 31.6 Å². The fourth-order valence-electron chi connectivity index (χ4n) is 2.16. The second kappa shape index (κ2) is 6.78. The topological polar surface area (TPSA) is 29.1 Å². The van der Waals surface area contributed by atoms with E-state index in [4.69, 9.17) is 0 Å². The maximum atomic E-state index is 12.5. The number of hydrogen-bond donors (Lipinski definition) is 1. The van der Waals surface area contributed by atoms with E-state index in [9.17, 15) is 18.0 Å². The number of carbonyl (C=O) groups is 1. The first-order valence-corrected chi connectivity index (χ1v) is 7.37. The van der Waals surface area contributed by atoms with E-state index in [0.717, 1.165) is 5.33 Å². The molecule has 18 heavy (non-hydrogen) atoms. The third-order valence-electron chi connectivity index (χ3n) is 3.45. The molecule has 0 radical (unpaired) electrons. The van der Waals surface area contributed by atoms with E-state index in [2.05, 4.69) is 21.2 Å². The number of rotatable bonds is 4. The lowest BCUT2D eigenvalue weighted by atomic mass is 9.81. The molecule has 1 aliphatic carbocycles. The second-order valence-corrected chi connectivity index (χ2v) is 5.74. The second-order valence-electron chi connectivity index (χ2n) is 5.09. The van der Waals surface area contributed by atoms with E-state index < -0.39 is 12.1 Å². The van der Waals surface area contributed by atoms with Gasteiger partial charge in [-0.2, -0.15) is 13.2 Å². The maximum Gasteiger partial charge on any atom is 0.391 e. The van der Waals surface area contributed by atoms with Gasteiger partial charge in [-0.25, -0.2) is 0 Å². The first-order valence-electron chi connectivity index (χ1n) is 6.25. The summed E-state index contributed by atoms with van der Waals surface area (Å²) in [5, 5.41) is 3.61. The normalized spacial score (nSPS) is 26.7. The molecule has 1 N–H and O–H groups in total. The Morgan fingerprint density at radius 2 is 1.89 bits per heavy atom. The number of amides is 1. The van der Waals surface area contributed by atoms with Gasteiger partial charge >= 0.3 is 6.18 Å². The minimum absolute atomic E-state index is 0.0790. The molecule has 0 heterocycles. The highest BCUT2D eigenvalue weighted by atomic mass is 79.9. The summed E-state index contributed by atoms with van der Waals surface area (Å²) < 4.78 is 37.4. The summed E-state index contributed by atoms with van der Waals surface area (Å²) in [6.45, 7) is 2.57. The molecule has 0 spiro atoms. The molecular weight excluding hydrogens is 311 g/mol. The molecule has 0 aromatic rings. The molecule has 1 atom stereocenters. The van der Waals surface area contributed by atoms with E-state index in [1.165, 1.54) is 0 Å². The van der Waals surface area contributed by atoms with Crippen LogP contribution in [-0.2, 0) is 4.79 Å². The highest BCUT2D eigenvalue weighted by Gasteiger charge is 2.42. The highest BCUT2D eigenvalue weighted by molar-refractivity contribution is 9.09. The van der Waals surface area contributed by atoms with Crippen molar-refractivity contribution in [2.75, 3.05) is 11.9 Å². The molecule has 6 heteroatoms. The Balaban J connectivity index is 2.32. The molecule has 1 saturated carbocycles. The minimum atomic E-state index is -4.11. The monoisotopic (exact) mass is 329 g/mol. The molecular formula is C12H19BrF3NO. The fourth-order valence-corrected chi connectivity index (χ4v) is 2.39. The van der Waals surface area contributed by atoms with E-state index in [-0.39, 0.29) is 24.7 Å². The number of hydrogen-bond acceptors (Lipinski definition) is 1. The van der Waals surface area contributed by atoms with Crippen molar-refractivity contribution in [3.8, 4) is 0 Å². The van der Waals surface area contributed by atoms with Gasteiger partial charge in [-0.1, -0.05) is 22.9 Å². The van der Waals surface area contributed by atoms with Crippen LogP contribution in [0.3, 0.4) is 0 Å². The summed E-state index contributed by atoms with van der Waals surface area (Å²) in [6, 6.07) is 0. The SMILES string of the molecule is CC(CBr)CNC(=O)C1CCC(C(F)(F)F)CC1. The molecule has 1 unspecified atom stereocenters. The van der Waals surface area contributed by atoms with Crippen LogP contribution in [0.4, 0.5) is 13.2 Å². The predicted molar refractivity (Wildman–Crippen MR) is 67.5 cm³/mol. The average molecular weight is 330 g/mol. The van der Waals surface area contributed by atoms with E-state index in [0.29, 0.717) is 25.3 Å². The largest absolute Gasteiger partial charge is 0.391 e. The zero-order valence-electron chi connectivity index (χ0n) is 10.4. The molecule has 106 valence electrons. The van der Waals surface area contributed by atoms with Gasteiger partial charge in [0, 0.05) is 17.8 Å². The van der Waals surface area contributed by atoms with Crippen LogP contribution < -0.4 is 5.32 Å². The lowest BCUT2D eigenvalue weighted by molar-refractivity contribution is -0.184. The van der Waals surface area contributed by atoms with Gasteiger partial charge in [-0.15, -0.1) is 0 Å². The maximum absolute atomic E-state index is 12.5. The quantitative estimate of drug-likeness (QED) is 0.786. The number of halogens is 4. The molecule has 0 bridgehead atoms. The van der Waals surface area contributed by atoms with Gasteiger partial charge in [-0.3, -0.25) is 4.79 Å². The first kappa shape index (κ1) is 15.8. The van der Waals surface area contributed by atoms with Gasteiger partial charge in [0.25, 0.3) is 0 Å². The third kappa shape index (κ3) is 4.78. The Bertz CT molecular complexity index is 275. The lowest BCUT2D eigenvalue weighted by Crippen LogP contribution is -2.37. The van der Waals surface area contributed by atoms with E-state index in [1.54, 1.807) is 0 Å². The van der Waals surface area contributed by atoms with Gasteiger partial charge < -0.3 is 5.32 Å². The van der Waals surface area contributed by atoms with Crippen LogP contribution in [0.1, 0.15) is 32.6 Å². The highest BCUT2D eigenvalue weighted by Crippen LogP contribution is 2.39. The Labute approximate surface area is 114 Å². The summed E-state index contributed by atoms with van der Waals surface area (Å²) in [4.78, 5) is 11.8. The average Bonchev–Trinajstić information content (AvgIpc) is 2.34. The number of carbonyl (C=O) groups excluding carboxylic acids is 1. The van der Waals surface area contributed by atoms with Crippen molar-refractivity contribution in [3.63, 3.8) is 0 Å². The smallest absolute Gasteiger partial charge is 0.356 e. The van der Waals surface area contributed by atoms with Gasteiger partial charge in [0.2, 0.25) is 5.91 Å². The van der Waals surface area contributed by atoms with Gasteiger partial charge in [0.05, 0.1) is 5.92 Å². The first-order chi connectivity index (χ1) is 8.34. The van der Waals surface area contributed by atoms with Gasteiger partial charge in [0.15, 0.2) is 0 Å². The number of nitrogens with one attached hydrogen (secondary N) is 1. The van der Waals surface area contributed by atoms with Crippen LogP contribution >= 0.6 is 15.9 Å². The molecule has 0 aliphatic heterocycles. The fraction of sp³-hybridized carbons (Fsp3) is 0.917. The molecule has 1 fully saturated rings.